The molecule has 0 spiro atoms. The highest BCUT2D eigenvalue weighted by atomic mass is 19.1. The molecule has 2 atom stereocenters. The van der Waals surface area contributed by atoms with Gasteiger partial charge in [0.05, 0.1) is 6.04 Å². The largest absolute Gasteiger partial charge is 0.465 e. The summed E-state index contributed by atoms with van der Waals surface area (Å²) in [5, 5.41) is 12.4. The van der Waals surface area contributed by atoms with Gasteiger partial charge >= 0.3 is 6.09 Å². The van der Waals surface area contributed by atoms with Gasteiger partial charge in [-0.3, -0.25) is 0 Å². The Morgan fingerprint density at radius 1 is 1.71 bits per heavy atom. The monoisotopic (exact) mass is 240 g/mol. The van der Waals surface area contributed by atoms with E-state index in [4.69, 9.17) is 0 Å². The third kappa shape index (κ3) is 2.34. The number of rotatable bonds is 1. The lowest BCUT2D eigenvalue weighted by Gasteiger charge is -2.44. The molecule has 0 radical (unpaired) electrons. The van der Waals surface area contributed by atoms with E-state index in [1.54, 1.807) is 6.08 Å². The van der Waals surface area contributed by atoms with Gasteiger partial charge in [-0.25, -0.2) is 9.18 Å². The van der Waals surface area contributed by atoms with Crippen molar-refractivity contribution in [3.8, 4) is 0 Å². The van der Waals surface area contributed by atoms with Gasteiger partial charge in [0.2, 0.25) is 0 Å². The van der Waals surface area contributed by atoms with Crippen LogP contribution < -0.4 is 5.32 Å². The van der Waals surface area contributed by atoms with E-state index < -0.39 is 6.09 Å². The summed E-state index contributed by atoms with van der Waals surface area (Å²) < 4.78 is 13.0. The number of allylic oxidation sites excluding steroid dienone is 3. The Kier molecular flexibility index (Phi) is 3.19. The van der Waals surface area contributed by atoms with E-state index in [1.807, 2.05) is 6.92 Å². The van der Waals surface area contributed by atoms with Crippen LogP contribution in [0.15, 0.2) is 24.1 Å². The first-order chi connectivity index (χ1) is 8.03. The van der Waals surface area contributed by atoms with Crippen LogP contribution in [0.3, 0.4) is 0 Å². The van der Waals surface area contributed by atoms with Crippen molar-refractivity contribution < 1.29 is 14.3 Å². The lowest BCUT2D eigenvalue weighted by Crippen LogP contribution is -2.59. The molecule has 5 heteroatoms. The summed E-state index contributed by atoms with van der Waals surface area (Å²) in [6.07, 6.45) is 4.37. The summed E-state index contributed by atoms with van der Waals surface area (Å²) in [6.45, 7) is 3.74. The molecule has 94 valence electrons. The zero-order chi connectivity index (χ0) is 12.5. The first kappa shape index (κ1) is 12.1. The van der Waals surface area contributed by atoms with Crippen LogP contribution in [0.2, 0.25) is 0 Å². The lowest BCUT2D eigenvalue weighted by molar-refractivity contribution is 0.0715. The fourth-order valence-electron chi connectivity index (χ4n) is 2.49. The number of carboxylic acid groups (broad SMARTS) is 1. The maximum Gasteiger partial charge on any atom is 0.407 e. The zero-order valence-electron chi connectivity index (χ0n) is 9.82. The predicted molar refractivity (Wildman–Crippen MR) is 62.4 cm³/mol. The van der Waals surface area contributed by atoms with Crippen molar-refractivity contribution in [1.82, 2.24) is 10.2 Å². The minimum absolute atomic E-state index is 0.144. The topological polar surface area (TPSA) is 52.6 Å². The molecule has 1 amide bonds. The number of carbonyl (C=O) groups is 1. The van der Waals surface area contributed by atoms with Crippen LogP contribution in [-0.4, -0.2) is 41.8 Å². The van der Waals surface area contributed by atoms with E-state index in [-0.39, 0.29) is 17.3 Å². The van der Waals surface area contributed by atoms with Crippen molar-refractivity contribution in [1.29, 1.82) is 0 Å². The van der Waals surface area contributed by atoms with Gasteiger partial charge in [0.1, 0.15) is 5.83 Å². The second-order valence-electron chi connectivity index (χ2n) is 4.83. The molecule has 2 aliphatic rings. The van der Waals surface area contributed by atoms with Gasteiger partial charge < -0.3 is 15.3 Å². The Labute approximate surface area is 99.8 Å². The smallest absolute Gasteiger partial charge is 0.407 e. The Hall–Kier alpha value is -1.36. The molecule has 0 saturated carbocycles. The SMILES string of the molecule is CC1(C2CNCCN2C(=O)O)C=CC(F)=CC1. The summed E-state index contributed by atoms with van der Waals surface area (Å²) in [5.41, 5.74) is -0.332. The highest BCUT2D eigenvalue weighted by Gasteiger charge is 2.40. The van der Waals surface area contributed by atoms with Crippen molar-refractivity contribution in [2.45, 2.75) is 19.4 Å². The molecule has 1 heterocycles. The second-order valence-corrected chi connectivity index (χ2v) is 4.83. The van der Waals surface area contributed by atoms with Gasteiger partial charge in [0, 0.05) is 25.0 Å². The minimum Gasteiger partial charge on any atom is -0.465 e. The van der Waals surface area contributed by atoms with Gasteiger partial charge in [0.25, 0.3) is 0 Å². The molecule has 0 aromatic rings. The molecule has 4 nitrogen and oxygen atoms in total. The minimum atomic E-state index is -0.902. The van der Waals surface area contributed by atoms with Crippen LogP contribution in [0.1, 0.15) is 13.3 Å². The van der Waals surface area contributed by atoms with Gasteiger partial charge in [-0.1, -0.05) is 13.0 Å². The first-order valence-corrected chi connectivity index (χ1v) is 5.78. The Bertz CT molecular complexity index is 381. The quantitative estimate of drug-likeness (QED) is 0.734. The summed E-state index contributed by atoms with van der Waals surface area (Å²) in [7, 11) is 0. The summed E-state index contributed by atoms with van der Waals surface area (Å²) in [5.74, 6) is -0.242. The highest BCUT2D eigenvalue weighted by Crippen LogP contribution is 2.36. The lowest BCUT2D eigenvalue weighted by atomic mass is 9.75. The molecule has 1 fully saturated rings. The molecule has 0 aromatic heterocycles. The molecule has 2 N–H and O–H groups in total. The second kappa shape index (κ2) is 4.49. The van der Waals surface area contributed by atoms with Gasteiger partial charge in [-0.05, 0) is 18.6 Å². The predicted octanol–water partition coefficient (Wildman–Crippen LogP) is 1.76. The van der Waals surface area contributed by atoms with Crippen molar-refractivity contribution in [3.05, 3.63) is 24.1 Å². The molecule has 1 saturated heterocycles. The molecular weight excluding hydrogens is 223 g/mol. The molecule has 2 unspecified atom stereocenters. The van der Waals surface area contributed by atoms with Crippen molar-refractivity contribution in [3.63, 3.8) is 0 Å². The average molecular weight is 240 g/mol. The summed E-state index contributed by atoms with van der Waals surface area (Å²) >= 11 is 0. The summed E-state index contributed by atoms with van der Waals surface area (Å²) in [6, 6.07) is -0.144. The van der Waals surface area contributed by atoms with Crippen molar-refractivity contribution in [2.75, 3.05) is 19.6 Å². The zero-order valence-corrected chi connectivity index (χ0v) is 9.82. The van der Waals surface area contributed by atoms with Crippen molar-refractivity contribution >= 4 is 6.09 Å². The fourth-order valence-corrected chi connectivity index (χ4v) is 2.49. The standard InChI is InChI=1S/C12H17FN2O2/c1-12(4-2-9(13)3-5-12)10-8-14-6-7-15(10)11(16)17/h2-4,10,14H,5-8H2,1H3,(H,16,17). The number of piperazine rings is 1. The first-order valence-electron chi connectivity index (χ1n) is 5.78. The number of halogens is 1. The Morgan fingerprint density at radius 2 is 2.47 bits per heavy atom. The van der Waals surface area contributed by atoms with Crippen LogP contribution in [0.5, 0.6) is 0 Å². The van der Waals surface area contributed by atoms with Crippen molar-refractivity contribution in [2.24, 2.45) is 5.41 Å². The molecule has 0 aromatic carbocycles. The van der Waals surface area contributed by atoms with Gasteiger partial charge in [0.15, 0.2) is 0 Å². The van der Waals surface area contributed by atoms with Gasteiger partial charge in [-0.2, -0.15) is 0 Å². The Balaban J connectivity index is 2.19. The van der Waals surface area contributed by atoms with Crippen LogP contribution >= 0.6 is 0 Å². The van der Waals surface area contributed by atoms with E-state index in [0.29, 0.717) is 26.1 Å². The molecule has 17 heavy (non-hydrogen) atoms. The number of nitrogens with one attached hydrogen (secondary N) is 1. The Morgan fingerprint density at radius 3 is 3.06 bits per heavy atom. The number of nitrogens with zero attached hydrogens (tertiary/aromatic N) is 1. The number of amides is 1. The number of hydrogen-bond donors (Lipinski definition) is 2. The molecular formula is C12H17FN2O2. The highest BCUT2D eigenvalue weighted by molar-refractivity contribution is 5.66. The van der Waals surface area contributed by atoms with Gasteiger partial charge in [-0.15, -0.1) is 0 Å². The fraction of sp³-hybridized carbons (Fsp3) is 0.583. The van der Waals surface area contributed by atoms with Crippen LogP contribution in [0.25, 0.3) is 0 Å². The maximum absolute atomic E-state index is 13.0. The average Bonchev–Trinajstić information content (AvgIpc) is 2.33. The molecule has 2 rings (SSSR count). The van der Waals surface area contributed by atoms with E-state index in [2.05, 4.69) is 5.32 Å². The molecule has 0 bridgehead atoms. The van der Waals surface area contributed by atoms with E-state index in [0.717, 1.165) is 0 Å². The maximum atomic E-state index is 13.0. The third-order valence-corrected chi connectivity index (χ3v) is 3.61. The van der Waals surface area contributed by atoms with Crippen LogP contribution in [0.4, 0.5) is 9.18 Å². The third-order valence-electron chi connectivity index (χ3n) is 3.61. The van der Waals surface area contributed by atoms with Crippen LogP contribution in [0, 0.1) is 5.41 Å². The van der Waals surface area contributed by atoms with Crippen LogP contribution in [-0.2, 0) is 0 Å². The van der Waals surface area contributed by atoms with E-state index in [9.17, 15) is 14.3 Å². The summed E-state index contributed by atoms with van der Waals surface area (Å²) in [4.78, 5) is 12.7. The van der Waals surface area contributed by atoms with E-state index >= 15 is 0 Å². The normalized spacial score (nSPS) is 33.4. The molecule has 1 aliphatic carbocycles. The van der Waals surface area contributed by atoms with E-state index in [1.165, 1.54) is 17.1 Å². The number of hydrogen-bond acceptors (Lipinski definition) is 2. The molecule has 1 aliphatic heterocycles.